The molecule has 7 heteroatoms. The quantitative estimate of drug-likeness (QED) is 0.622. The van der Waals surface area contributed by atoms with Crippen LogP contribution in [0.1, 0.15) is 79.1 Å². The second-order valence-electron chi connectivity index (χ2n) is 9.20. The van der Waals surface area contributed by atoms with Gasteiger partial charge in [0.2, 0.25) is 5.91 Å². The lowest BCUT2D eigenvalue weighted by Gasteiger charge is -2.45. The Balaban J connectivity index is 1.58. The van der Waals surface area contributed by atoms with Crippen LogP contribution in [0.2, 0.25) is 0 Å². The lowest BCUT2D eigenvalue weighted by molar-refractivity contribution is -0.156. The van der Waals surface area contributed by atoms with E-state index in [2.05, 4.69) is 10.6 Å². The third-order valence-corrected chi connectivity index (χ3v) is 8.59. The third kappa shape index (κ3) is 3.88. The summed E-state index contributed by atoms with van der Waals surface area (Å²) in [5.74, 6) is -2.11. The highest BCUT2D eigenvalue weighted by Crippen LogP contribution is 2.49. The standard InChI is InChI=1S/C23H32N2O4S/c1-3-16-12(2)30-22(19(16)21(27)24-15-6-4-5-7-15)25-20(26)17-13-8-10-14(11-9-13)18(17)23(28)29/h13-15,17-18H,3-11H2,1-2H3,(H,24,27)(H,25,26)(H,28,29)/t13?,14?,17-,18+/m1/s1. The van der Waals surface area contributed by atoms with Crippen LogP contribution in [0.25, 0.3) is 0 Å². The highest BCUT2D eigenvalue weighted by molar-refractivity contribution is 7.16. The maximum absolute atomic E-state index is 13.3. The minimum Gasteiger partial charge on any atom is -0.481 e. The van der Waals surface area contributed by atoms with Crippen LogP contribution in [0.15, 0.2) is 0 Å². The Hall–Kier alpha value is -1.89. The normalized spacial score (nSPS) is 28.5. The number of carboxylic acid groups (broad SMARTS) is 1. The van der Waals surface area contributed by atoms with Crippen LogP contribution >= 0.6 is 11.3 Å². The Bertz CT molecular complexity index is 835. The Labute approximate surface area is 181 Å². The van der Waals surface area contributed by atoms with Gasteiger partial charge in [0.1, 0.15) is 5.00 Å². The van der Waals surface area contributed by atoms with Gasteiger partial charge in [-0.2, -0.15) is 0 Å². The van der Waals surface area contributed by atoms with Crippen LogP contribution in [0, 0.1) is 30.6 Å². The van der Waals surface area contributed by atoms with E-state index in [9.17, 15) is 19.5 Å². The molecule has 0 spiro atoms. The number of amides is 2. The molecular formula is C23H32N2O4S. The first-order valence-corrected chi connectivity index (χ1v) is 12.2. The largest absolute Gasteiger partial charge is 0.481 e. The molecule has 2 amide bonds. The van der Waals surface area contributed by atoms with Gasteiger partial charge in [-0.25, -0.2) is 0 Å². The molecule has 0 radical (unpaired) electrons. The minimum absolute atomic E-state index is 0.0876. The molecule has 1 heterocycles. The molecule has 1 aromatic rings. The number of hydrogen-bond donors (Lipinski definition) is 3. The fraction of sp³-hybridized carbons (Fsp3) is 0.696. The Kier molecular flexibility index (Phi) is 6.19. The molecule has 0 saturated heterocycles. The number of fused-ring (bicyclic) bond motifs is 3. The van der Waals surface area contributed by atoms with Gasteiger partial charge in [-0.3, -0.25) is 14.4 Å². The van der Waals surface area contributed by atoms with Gasteiger partial charge in [0, 0.05) is 10.9 Å². The van der Waals surface area contributed by atoms with Gasteiger partial charge < -0.3 is 15.7 Å². The van der Waals surface area contributed by atoms with Gasteiger partial charge in [0.05, 0.1) is 17.4 Å². The average Bonchev–Trinajstić information content (AvgIpc) is 3.34. The fourth-order valence-electron chi connectivity index (χ4n) is 6.04. The van der Waals surface area contributed by atoms with Gasteiger partial charge >= 0.3 is 5.97 Å². The molecule has 30 heavy (non-hydrogen) atoms. The Morgan fingerprint density at radius 1 is 1.00 bits per heavy atom. The van der Waals surface area contributed by atoms with Crippen molar-refractivity contribution in [3.63, 3.8) is 0 Å². The van der Waals surface area contributed by atoms with Crippen molar-refractivity contribution in [2.45, 2.75) is 77.7 Å². The van der Waals surface area contributed by atoms with E-state index >= 15 is 0 Å². The molecule has 6 nitrogen and oxygen atoms in total. The molecule has 1 aromatic heterocycles. The Morgan fingerprint density at radius 2 is 1.60 bits per heavy atom. The number of aliphatic carboxylic acids is 1. The molecule has 0 unspecified atom stereocenters. The number of anilines is 1. The molecule has 164 valence electrons. The lowest BCUT2D eigenvalue weighted by Crippen LogP contribution is -2.49. The molecule has 0 aromatic carbocycles. The second-order valence-corrected chi connectivity index (χ2v) is 10.4. The molecule has 4 saturated carbocycles. The molecule has 5 rings (SSSR count). The van der Waals surface area contributed by atoms with Gasteiger partial charge in [-0.15, -0.1) is 11.3 Å². The first-order chi connectivity index (χ1) is 14.4. The zero-order valence-corrected chi connectivity index (χ0v) is 18.6. The molecule has 4 aliphatic carbocycles. The van der Waals surface area contributed by atoms with E-state index < -0.39 is 17.8 Å². The Morgan fingerprint density at radius 3 is 2.17 bits per heavy atom. The van der Waals surface area contributed by atoms with E-state index in [0.29, 0.717) is 10.6 Å². The zero-order valence-electron chi connectivity index (χ0n) is 17.8. The highest BCUT2D eigenvalue weighted by Gasteiger charge is 2.50. The van der Waals surface area contributed by atoms with Crippen molar-refractivity contribution in [2.75, 3.05) is 5.32 Å². The summed E-state index contributed by atoms with van der Waals surface area (Å²) in [7, 11) is 0. The maximum atomic E-state index is 13.3. The van der Waals surface area contributed by atoms with Crippen molar-refractivity contribution in [1.82, 2.24) is 5.32 Å². The second kappa shape index (κ2) is 8.69. The molecule has 2 bridgehead atoms. The van der Waals surface area contributed by atoms with Crippen LogP contribution in [-0.2, 0) is 16.0 Å². The zero-order chi connectivity index (χ0) is 21.4. The van der Waals surface area contributed by atoms with Crippen LogP contribution in [0.4, 0.5) is 5.00 Å². The van der Waals surface area contributed by atoms with E-state index in [-0.39, 0.29) is 29.7 Å². The summed E-state index contributed by atoms with van der Waals surface area (Å²) in [5.41, 5.74) is 1.55. The number of carbonyl (C=O) groups excluding carboxylic acids is 2. The molecule has 0 aliphatic heterocycles. The summed E-state index contributed by atoms with van der Waals surface area (Å²) in [5, 5.41) is 16.5. The predicted octanol–water partition coefficient (Wildman–Crippen LogP) is 4.37. The number of aryl methyl sites for hydroxylation is 1. The molecule has 2 atom stereocenters. The third-order valence-electron chi connectivity index (χ3n) is 7.52. The summed E-state index contributed by atoms with van der Waals surface area (Å²) >= 11 is 1.43. The van der Waals surface area contributed by atoms with Crippen LogP contribution in [-0.4, -0.2) is 28.9 Å². The van der Waals surface area contributed by atoms with Gasteiger partial charge in [0.25, 0.3) is 5.91 Å². The van der Waals surface area contributed by atoms with Crippen molar-refractivity contribution in [1.29, 1.82) is 0 Å². The SMILES string of the molecule is CCc1c(C)sc(NC(=O)[C@@H]2C3CCC(CC3)[C@@H]2C(=O)O)c1C(=O)NC1CCCC1. The number of nitrogens with one attached hydrogen (secondary N) is 2. The molecular weight excluding hydrogens is 400 g/mol. The lowest BCUT2D eigenvalue weighted by atomic mass is 9.58. The number of rotatable bonds is 6. The first-order valence-electron chi connectivity index (χ1n) is 11.4. The summed E-state index contributed by atoms with van der Waals surface area (Å²) in [6.45, 7) is 4.00. The fourth-order valence-corrected chi connectivity index (χ4v) is 7.18. The first kappa shape index (κ1) is 21.3. The molecule has 4 aliphatic rings. The van der Waals surface area contributed by atoms with Crippen LogP contribution < -0.4 is 10.6 Å². The number of hydrogen-bond acceptors (Lipinski definition) is 4. The number of thiophene rings is 1. The number of carboxylic acids is 1. The predicted molar refractivity (Wildman–Crippen MR) is 117 cm³/mol. The smallest absolute Gasteiger partial charge is 0.307 e. The molecule has 3 N–H and O–H groups in total. The van der Waals surface area contributed by atoms with E-state index in [4.69, 9.17) is 0 Å². The van der Waals surface area contributed by atoms with Crippen molar-refractivity contribution >= 4 is 34.1 Å². The average molecular weight is 433 g/mol. The van der Waals surface area contributed by atoms with E-state index in [0.717, 1.165) is 68.2 Å². The number of carbonyl (C=O) groups is 3. The highest BCUT2D eigenvalue weighted by atomic mass is 32.1. The maximum Gasteiger partial charge on any atom is 0.307 e. The van der Waals surface area contributed by atoms with Gasteiger partial charge in [-0.1, -0.05) is 19.8 Å². The van der Waals surface area contributed by atoms with Crippen molar-refractivity contribution < 1.29 is 19.5 Å². The van der Waals surface area contributed by atoms with E-state index in [1.807, 2.05) is 13.8 Å². The van der Waals surface area contributed by atoms with Crippen LogP contribution in [0.5, 0.6) is 0 Å². The topological polar surface area (TPSA) is 95.5 Å². The van der Waals surface area contributed by atoms with Gasteiger partial charge in [-0.05, 0) is 69.3 Å². The monoisotopic (exact) mass is 432 g/mol. The molecule has 4 fully saturated rings. The van der Waals surface area contributed by atoms with E-state index in [1.54, 1.807) is 0 Å². The minimum atomic E-state index is -0.861. The summed E-state index contributed by atoms with van der Waals surface area (Å²) in [6, 6.07) is 0.205. The van der Waals surface area contributed by atoms with Crippen molar-refractivity contribution in [2.24, 2.45) is 23.7 Å². The van der Waals surface area contributed by atoms with Crippen LogP contribution in [0.3, 0.4) is 0 Å². The van der Waals surface area contributed by atoms with Crippen molar-refractivity contribution in [3.8, 4) is 0 Å². The summed E-state index contributed by atoms with van der Waals surface area (Å²) < 4.78 is 0. The van der Waals surface area contributed by atoms with Gasteiger partial charge in [0.15, 0.2) is 0 Å². The van der Waals surface area contributed by atoms with E-state index in [1.165, 1.54) is 11.3 Å². The summed E-state index contributed by atoms with van der Waals surface area (Å²) in [4.78, 5) is 39.4. The summed E-state index contributed by atoms with van der Waals surface area (Å²) in [6.07, 6.45) is 8.65. The van der Waals surface area contributed by atoms with Crippen molar-refractivity contribution in [3.05, 3.63) is 16.0 Å².